The maximum atomic E-state index is 5.88. The molecule has 0 radical (unpaired) electrons. The molecule has 0 unspecified atom stereocenters. The minimum absolute atomic E-state index is 0.329. The van der Waals surface area contributed by atoms with E-state index in [1.165, 1.54) is 0 Å². The van der Waals surface area contributed by atoms with Gasteiger partial charge in [0.2, 0.25) is 0 Å². The summed E-state index contributed by atoms with van der Waals surface area (Å²) in [6.07, 6.45) is 5.44. The summed E-state index contributed by atoms with van der Waals surface area (Å²) in [7, 11) is 0. The fraction of sp³-hybridized carbons (Fsp3) is 0.167. The zero-order valence-corrected chi connectivity index (χ0v) is 15.1. The van der Waals surface area contributed by atoms with Crippen molar-refractivity contribution in [2.45, 2.75) is 24.1 Å². The summed E-state index contributed by atoms with van der Waals surface area (Å²) in [4.78, 5) is 4.13. The van der Waals surface area contributed by atoms with Gasteiger partial charge in [-0.05, 0) is 35.9 Å². The monoisotopic (exact) mass is 372 g/mol. The van der Waals surface area contributed by atoms with Crippen molar-refractivity contribution in [3.8, 4) is 5.75 Å². The Balaban J connectivity index is 1.68. The number of nitrogens with zero attached hydrogens (tertiary/aromatic N) is 4. The molecule has 0 bridgehead atoms. The number of pyridine rings is 1. The highest BCUT2D eigenvalue weighted by molar-refractivity contribution is 7.98. The minimum Gasteiger partial charge on any atom is -0.486 e. The van der Waals surface area contributed by atoms with Crippen LogP contribution in [0.1, 0.15) is 11.4 Å². The lowest BCUT2D eigenvalue weighted by Gasteiger charge is -2.09. The first-order chi connectivity index (χ1) is 12.3. The average molecular weight is 373 g/mol. The molecule has 0 fully saturated rings. The third-order valence-electron chi connectivity index (χ3n) is 3.38. The van der Waals surface area contributed by atoms with E-state index in [0.29, 0.717) is 18.2 Å². The standard InChI is InChI=1S/C18H17ClN4OS/c1-2-10-23-17(12-24-16-7-5-15(19)6-8-16)21-22-18(23)25-13-14-4-3-9-20-11-14/h2-9,11H,1,10,12-13H2. The molecule has 0 saturated carbocycles. The topological polar surface area (TPSA) is 52.8 Å². The van der Waals surface area contributed by atoms with Crippen LogP contribution in [0.25, 0.3) is 0 Å². The molecule has 0 aliphatic carbocycles. The van der Waals surface area contributed by atoms with Crippen LogP contribution in [0.5, 0.6) is 5.75 Å². The van der Waals surface area contributed by atoms with Crippen LogP contribution in [0.15, 0.2) is 66.6 Å². The van der Waals surface area contributed by atoms with E-state index < -0.39 is 0 Å². The fourth-order valence-electron chi connectivity index (χ4n) is 2.16. The van der Waals surface area contributed by atoms with Gasteiger partial charge in [-0.25, -0.2) is 0 Å². The van der Waals surface area contributed by atoms with Crippen molar-refractivity contribution in [3.63, 3.8) is 0 Å². The Morgan fingerprint density at radius 2 is 2.04 bits per heavy atom. The highest BCUT2D eigenvalue weighted by Gasteiger charge is 2.12. The Morgan fingerprint density at radius 3 is 2.76 bits per heavy atom. The van der Waals surface area contributed by atoms with Crippen LogP contribution in [0.2, 0.25) is 5.02 Å². The lowest BCUT2D eigenvalue weighted by atomic mass is 10.3. The van der Waals surface area contributed by atoms with Crippen molar-refractivity contribution < 1.29 is 4.74 Å². The molecule has 0 aliphatic heterocycles. The Hall–Kier alpha value is -2.31. The van der Waals surface area contributed by atoms with Gasteiger partial charge in [0, 0.05) is 29.7 Å². The first-order valence-electron chi connectivity index (χ1n) is 7.69. The molecular weight excluding hydrogens is 356 g/mol. The van der Waals surface area contributed by atoms with Gasteiger partial charge in [-0.1, -0.05) is 35.5 Å². The Labute approximate surface area is 155 Å². The van der Waals surface area contributed by atoms with Crippen LogP contribution in [0.3, 0.4) is 0 Å². The van der Waals surface area contributed by atoms with Gasteiger partial charge < -0.3 is 4.74 Å². The van der Waals surface area contributed by atoms with E-state index in [4.69, 9.17) is 16.3 Å². The maximum Gasteiger partial charge on any atom is 0.191 e. The minimum atomic E-state index is 0.329. The van der Waals surface area contributed by atoms with Crippen LogP contribution in [0.4, 0.5) is 0 Å². The van der Waals surface area contributed by atoms with E-state index >= 15 is 0 Å². The number of rotatable bonds is 8. The summed E-state index contributed by atoms with van der Waals surface area (Å²) >= 11 is 7.50. The number of benzene rings is 1. The van der Waals surface area contributed by atoms with Crippen LogP contribution in [0, 0.1) is 0 Å². The lowest BCUT2D eigenvalue weighted by Crippen LogP contribution is -2.07. The number of halogens is 1. The highest BCUT2D eigenvalue weighted by atomic mass is 35.5. The molecule has 0 amide bonds. The molecule has 25 heavy (non-hydrogen) atoms. The highest BCUT2D eigenvalue weighted by Crippen LogP contribution is 2.23. The number of hydrogen-bond donors (Lipinski definition) is 0. The molecule has 0 atom stereocenters. The van der Waals surface area contributed by atoms with E-state index in [0.717, 1.165) is 28.0 Å². The fourth-order valence-corrected chi connectivity index (χ4v) is 3.18. The van der Waals surface area contributed by atoms with Gasteiger partial charge in [0.15, 0.2) is 11.0 Å². The van der Waals surface area contributed by atoms with Gasteiger partial charge in [0.25, 0.3) is 0 Å². The molecule has 0 spiro atoms. The van der Waals surface area contributed by atoms with Crippen molar-refractivity contribution in [1.29, 1.82) is 0 Å². The zero-order chi connectivity index (χ0) is 17.5. The molecule has 7 heteroatoms. The van der Waals surface area contributed by atoms with Crippen molar-refractivity contribution >= 4 is 23.4 Å². The van der Waals surface area contributed by atoms with E-state index in [2.05, 4.69) is 21.8 Å². The van der Waals surface area contributed by atoms with Crippen LogP contribution >= 0.6 is 23.4 Å². The third-order valence-corrected chi connectivity index (χ3v) is 4.67. The van der Waals surface area contributed by atoms with Gasteiger partial charge in [-0.15, -0.1) is 16.8 Å². The maximum absolute atomic E-state index is 5.88. The Bertz CT molecular complexity index is 821. The molecule has 2 heterocycles. The first-order valence-corrected chi connectivity index (χ1v) is 9.05. The predicted octanol–water partition coefficient (Wildman–Crippen LogP) is 4.38. The normalized spacial score (nSPS) is 10.6. The smallest absolute Gasteiger partial charge is 0.191 e. The summed E-state index contributed by atoms with van der Waals surface area (Å²) in [5, 5.41) is 10.0. The van der Waals surface area contributed by atoms with Gasteiger partial charge in [-0.2, -0.15) is 0 Å². The Morgan fingerprint density at radius 1 is 1.20 bits per heavy atom. The second kappa shape index (κ2) is 8.69. The molecule has 0 N–H and O–H groups in total. The summed E-state index contributed by atoms with van der Waals surface area (Å²) < 4.78 is 7.78. The van der Waals surface area contributed by atoms with E-state index in [1.54, 1.807) is 30.1 Å². The molecule has 128 valence electrons. The molecule has 3 rings (SSSR count). The van der Waals surface area contributed by atoms with E-state index in [9.17, 15) is 0 Å². The molecule has 1 aromatic carbocycles. The van der Waals surface area contributed by atoms with Crippen molar-refractivity contribution in [3.05, 3.63) is 77.9 Å². The van der Waals surface area contributed by atoms with Crippen molar-refractivity contribution in [2.24, 2.45) is 0 Å². The average Bonchev–Trinajstić information content (AvgIpc) is 3.03. The summed E-state index contributed by atoms with van der Waals surface area (Å²) in [6, 6.07) is 11.2. The van der Waals surface area contributed by atoms with Crippen molar-refractivity contribution in [1.82, 2.24) is 19.7 Å². The number of allylic oxidation sites excluding steroid dienone is 1. The van der Waals surface area contributed by atoms with Crippen LogP contribution in [-0.2, 0) is 18.9 Å². The number of aromatic nitrogens is 4. The SMILES string of the molecule is C=CCn1c(COc2ccc(Cl)cc2)nnc1SCc1cccnc1. The number of hydrogen-bond acceptors (Lipinski definition) is 5. The van der Waals surface area contributed by atoms with Gasteiger partial charge in [0.1, 0.15) is 12.4 Å². The van der Waals surface area contributed by atoms with Gasteiger partial charge in [0.05, 0.1) is 0 Å². The first kappa shape index (κ1) is 17.5. The molecule has 0 saturated heterocycles. The summed E-state index contributed by atoms with van der Waals surface area (Å²) in [6.45, 7) is 4.77. The summed E-state index contributed by atoms with van der Waals surface area (Å²) in [5.41, 5.74) is 1.14. The van der Waals surface area contributed by atoms with E-state index in [1.807, 2.05) is 41.1 Å². The summed E-state index contributed by atoms with van der Waals surface area (Å²) in [5.74, 6) is 2.27. The van der Waals surface area contributed by atoms with Gasteiger partial charge >= 0.3 is 0 Å². The van der Waals surface area contributed by atoms with Crippen LogP contribution < -0.4 is 4.74 Å². The quantitative estimate of drug-likeness (QED) is 0.433. The molecule has 5 nitrogen and oxygen atoms in total. The van der Waals surface area contributed by atoms with E-state index in [-0.39, 0.29) is 0 Å². The third kappa shape index (κ3) is 4.84. The van der Waals surface area contributed by atoms with Gasteiger partial charge in [-0.3, -0.25) is 9.55 Å². The lowest BCUT2D eigenvalue weighted by molar-refractivity contribution is 0.289. The molecule has 3 aromatic rings. The molecule has 2 aromatic heterocycles. The van der Waals surface area contributed by atoms with Crippen LogP contribution in [-0.4, -0.2) is 19.7 Å². The Kier molecular flexibility index (Phi) is 6.09. The zero-order valence-electron chi connectivity index (χ0n) is 13.5. The number of ether oxygens (including phenoxy) is 1. The largest absolute Gasteiger partial charge is 0.486 e. The second-order valence-electron chi connectivity index (χ2n) is 5.19. The molecular formula is C18H17ClN4OS. The predicted molar refractivity (Wildman–Crippen MR) is 99.8 cm³/mol. The second-order valence-corrected chi connectivity index (χ2v) is 6.57. The molecule has 0 aliphatic rings. The number of thioether (sulfide) groups is 1. The van der Waals surface area contributed by atoms with Crippen molar-refractivity contribution in [2.75, 3.05) is 0 Å².